The van der Waals surface area contributed by atoms with Gasteiger partial charge in [-0.25, -0.2) is 0 Å². The molecule has 0 saturated carbocycles. The molecule has 1 aliphatic rings. The van der Waals surface area contributed by atoms with Crippen molar-refractivity contribution in [3.8, 4) is 0 Å². The zero-order valence-electron chi connectivity index (χ0n) is 13.0. The molecule has 1 heterocycles. The van der Waals surface area contributed by atoms with Crippen LogP contribution in [0.5, 0.6) is 0 Å². The maximum atomic E-state index is 12.4. The fourth-order valence-corrected chi connectivity index (χ4v) is 3.44. The van der Waals surface area contributed by atoms with Crippen molar-refractivity contribution in [2.24, 2.45) is 0 Å². The molecule has 3 aromatic rings. The lowest BCUT2D eigenvalue weighted by atomic mass is 9.85. The van der Waals surface area contributed by atoms with Crippen LogP contribution in [0.3, 0.4) is 0 Å². The smallest absolute Gasteiger partial charge is 0.314 e. The second kappa shape index (κ2) is 5.24. The SMILES string of the molecule is C[C@]1(c2ccc3ccccc3c2)C[C@H](c2ccccc2)C(=O)O1. The Kier molecular flexibility index (Phi) is 3.19. The van der Waals surface area contributed by atoms with Gasteiger partial charge in [0.15, 0.2) is 0 Å². The van der Waals surface area contributed by atoms with Crippen molar-refractivity contribution in [1.82, 2.24) is 0 Å². The van der Waals surface area contributed by atoms with Gasteiger partial charge in [0.1, 0.15) is 5.60 Å². The average molecular weight is 302 g/mol. The molecule has 114 valence electrons. The number of rotatable bonds is 2. The number of carbonyl (C=O) groups excluding carboxylic acids is 1. The molecule has 1 fully saturated rings. The normalized spacial score (nSPS) is 23.9. The van der Waals surface area contributed by atoms with E-state index in [2.05, 4.69) is 30.3 Å². The van der Waals surface area contributed by atoms with E-state index < -0.39 is 5.60 Å². The third kappa shape index (κ3) is 2.40. The average Bonchev–Trinajstić information content (AvgIpc) is 2.91. The van der Waals surface area contributed by atoms with Crippen molar-refractivity contribution >= 4 is 16.7 Å². The molecule has 0 bridgehead atoms. The van der Waals surface area contributed by atoms with E-state index in [1.165, 1.54) is 10.8 Å². The number of hydrogen-bond donors (Lipinski definition) is 0. The molecular weight excluding hydrogens is 284 g/mol. The summed E-state index contributed by atoms with van der Waals surface area (Å²) in [4.78, 5) is 12.4. The lowest BCUT2D eigenvalue weighted by molar-refractivity contribution is -0.148. The first-order chi connectivity index (χ1) is 11.2. The van der Waals surface area contributed by atoms with Crippen molar-refractivity contribution in [2.75, 3.05) is 0 Å². The van der Waals surface area contributed by atoms with Crippen LogP contribution in [-0.4, -0.2) is 5.97 Å². The summed E-state index contributed by atoms with van der Waals surface area (Å²) in [6.45, 7) is 2.01. The number of esters is 1. The second-order valence-electron chi connectivity index (χ2n) is 6.38. The summed E-state index contributed by atoms with van der Waals surface area (Å²) in [6.07, 6.45) is 0.675. The number of fused-ring (bicyclic) bond motifs is 1. The molecule has 0 amide bonds. The van der Waals surface area contributed by atoms with Crippen LogP contribution in [0.2, 0.25) is 0 Å². The number of hydrogen-bond acceptors (Lipinski definition) is 2. The maximum absolute atomic E-state index is 12.4. The summed E-state index contributed by atoms with van der Waals surface area (Å²) in [5.41, 5.74) is 1.52. The van der Waals surface area contributed by atoms with Gasteiger partial charge in [0, 0.05) is 6.42 Å². The van der Waals surface area contributed by atoms with Gasteiger partial charge in [-0.2, -0.15) is 0 Å². The van der Waals surface area contributed by atoms with Crippen LogP contribution < -0.4 is 0 Å². The van der Waals surface area contributed by atoms with Gasteiger partial charge in [0.25, 0.3) is 0 Å². The molecule has 4 rings (SSSR count). The van der Waals surface area contributed by atoms with Crippen LogP contribution >= 0.6 is 0 Å². The zero-order chi connectivity index (χ0) is 15.9. The summed E-state index contributed by atoms with van der Waals surface area (Å²) in [5.74, 6) is -0.320. The number of carbonyl (C=O) groups is 1. The van der Waals surface area contributed by atoms with Crippen molar-refractivity contribution < 1.29 is 9.53 Å². The summed E-state index contributed by atoms with van der Waals surface area (Å²) < 4.78 is 5.81. The van der Waals surface area contributed by atoms with Gasteiger partial charge in [-0.1, -0.05) is 66.7 Å². The van der Waals surface area contributed by atoms with E-state index in [0.717, 1.165) is 11.1 Å². The highest BCUT2D eigenvalue weighted by atomic mass is 16.6. The fourth-order valence-electron chi connectivity index (χ4n) is 3.44. The van der Waals surface area contributed by atoms with Crippen LogP contribution in [0, 0.1) is 0 Å². The Balaban J connectivity index is 1.71. The fraction of sp³-hybridized carbons (Fsp3) is 0.190. The van der Waals surface area contributed by atoms with E-state index in [9.17, 15) is 4.79 Å². The zero-order valence-corrected chi connectivity index (χ0v) is 13.0. The van der Waals surface area contributed by atoms with E-state index in [4.69, 9.17) is 4.74 Å². The van der Waals surface area contributed by atoms with Crippen molar-refractivity contribution in [2.45, 2.75) is 24.9 Å². The summed E-state index contributed by atoms with van der Waals surface area (Å²) >= 11 is 0. The summed E-state index contributed by atoms with van der Waals surface area (Å²) in [6, 6.07) is 24.4. The molecule has 0 spiro atoms. The molecule has 0 aliphatic carbocycles. The molecular formula is C21H18O2. The second-order valence-corrected chi connectivity index (χ2v) is 6.38. The van der Waals surface area contributed by atoms with Gasteiger partial charge in [-0.05, 0) is 34.9 Å². The minimum absolute atomic E-state index is 0.133. The molecule has 3 aromatic carbocycles. The molecule has 0 N–H and O–H groups in total. The van der Waals surface area contributed by atoms with Gasteiger partial charge in [0.05, 0.1) is 5.92 Å². The summed E-state index contributed by atoms with van der Waals surface area (Å²) in [7, 11) is 0. The Labute approximate surface area is 135 Å². The van der Waals surface area contributed by atoms with Crippen molar-refractivity contribution in [1.29, 1.82) is 0 Å². The first-order valence-electron chi connectivity index (χ1n) is 7.93. The predicted octanol–water partition coefficient (Wildman–Crippen LogP) is 4.79. The molecule has 2 atom stereocenters. The molecule has 0 aromatic heterocycles. The molecule has 23 heavy (non-hydrogen) atoms. The standard InChI is InChI=1S/C21H18O2/c1-21(18-12-11-15-7-5-6-10-17(15)13-18)14-19(20(22)23-21)16-8-3-2-4-9-16/h2-13,19H,14H2,1H3/t19-,21-/m1/s1. The highest BCUT2D eigenvalue weighted by Gasteiger charge is 2.45. The van der Waals surface area contributed by atoms with Crippen molar-refractivity contribution in [3.05, 3.63) is 83.9 Å². The van der Waals surface area contributed by atoms with E-state index in [1.54, 1.807) is 0 Å². The lowest BCUT2D eigenvalue weighted by Crippen LogP contribution is -2.20. The van der Waals surface area contributed by atoms with E-state index in [0.29, 0.717) is 6.42 Å². The minimum Gasteiger partial charge on any atom is -0.454 e. The number of cyclic esters (lactones) is 1. The quantitative estimate of drug-likeness (QED) is 0.636. The highest BCUT2D eigenvalue weighted by Crippen LogP contribution is 2.44. The molecule has 1 aliphatic heterocycles. The largest absolute Gasteiger partial charge is 0.454 e. The van der Waals surface area contributed by atoms with E-state index >= 15 is 0 Å². The topological polar surface area (TPSA) is 26.3 Å². The number of ether oxygens (including phenoxy) is 1. The Hall–Kier alpha value is -2.61. The van der Waals surface area contributed by atoms with Crippen LogP contribution in [0.25, 0.3) is 10.8 Å². The number of benzene rings is 3. The van der Waals surface area contributed by atoms with Crippen LogP contribution in [0.15, 0.2) is 72.8 Å². The van der Waals surface area contributed by atoms with E-state index in [-0.39, 0.29) is 11.9 Å². The van der Waals surface area contributed by atoms with Gasteiger partial charge >= 0.3 is 5.97 Å². The van der Waals surface area contributed by atoms with Gasteiger partial charge in [-0.15, -0.1) is 0 Å². The van der Waals surface area contributed by atoms with E-state index in [1.807, 2.05) is 49.4 Å². The minimum atomic E-state index is -0.568. The first kappa shape index (κ1) is 14.0. The maximum Gasteiger partial charge on any atom is 0.314 e. The van der Waals surface area contributed by atoms with Gasteiger partial charge < -0.3 is 4.74 Å². The molecule has 2 heteroatoms. The Morgan fingerprint density at radius 1 is 0.913 bits per heavy atom. The van der Waals surface area contributed by atoms with Crippen molar-refractivity contribution in [3.63, 3.8) is 0 Å². The Morgan fingerprint density at radius 2 is 1.61 bits per heavy atom. The third-order valence-electron chi connectivity index (χ3n) is 4.77. The lowest BCUT2D eigenvalue weighted by Gasteiger charge is -2.23. The third-order valence-corrected chi connectivity index (χ3v) is 4.77. The predicted molar refractivity (Wildman–Crippen MR) is 91.2 cm³/mol. The summed E-state index contributed by atoms with van der Waals surface area (Å²) in [5, 5.41) is 2.37. The van der Waals surface area contributed by atoms with Crippen LogP contribution in [0.4, 0.5) is 0 Å². The monoisotopic (exact) mass is 302 g/mol. The molecule has 1 saturated heterocycles. The molecule has 0 radical (unpaired) electrons. The van der Waals surface area contributed by atoms with Gasteiger partial charge in [0.2, 0.25) is 0 Å². The van der Waals surface area contributed by atoms with Crippen LogP contribution in [-0.2, 0) is 15.1 Å². The Bertz CT molecular complexity index is 869. The van der Waals surface area contributed by atoms with Crippen LogP contribution in [0.1, 0.15) is 30.4 Å². The molecule has 2 nitrogen and oxygen atoms in total. The molecule has 0 unspecified atom stereocenters. The first-order valence-corrected chi connectivity index (χ1v) is 7.93. The van der Waals surface area contributed by atoms with Gasteiger partial charge in [-0.3, -0.25) is 4.79 Å². The Morgan fingerprint density at radius 3 is 2.39 bits per heavy atom. The highest BCUT2D eigenvalue weighted by molar-refractivity contribution is 5.84.